The first-order chi connectivity index (χ1) is 22.0. The van der Waals surface area contributed by atoms with Gasteiger partial charge in [0, 0.05) is 11.5 Å². The lowest BCUT2D eigenvalue weighted by molar-refractivity contribution is -0.238. The largest absolute Gasteiger partial charge is 0.414 e. The van der Waals surface area contributed by atoms with Crippen molar-refractivity contribution in [2.75, 3.05) is 0 Å². The van der Waals surface area contributed by atoms with Crippen molar-refractivity contribution in [1.82, 2.24) is 0 Å². The maximum Gasteiger partial charge on any atom is 0.192 e. The zero-order chi connectivity index (χ0) is 35.3. The number of benzene rings is 1. The molecule has 1 saturated heterocycles. The van der Waals surface area contributed by atoms with E-state index < -0.39 is 22.4 Å². The van der Waals surface area contributed by atoms with Gasteiger partial charge < -0.3 is 23.1 Å². The topological polar surface area (TPSA) is 46.2 Å². The highest BCUT2D eigenvalue weighted by molar-refractivity contribution is 6.74. The Kier molecular flexibility index (Phi) is 9.51. The van der Waals surface area contributed by atoms with Gasteiger partial charge in [-0.05, 0) is 123 Å². The molecule has 48 heavy (non-hydrogen) atoms. The van der Waals surface area contributed by atoms with Crippen LogP contribution in [0.15, 0.2) is 30.3 Å². The van der Waals surface area contributed by atoms with E-state index in [1.807, 2.05) is 0 Å². The maximum atomic E-state index is 7.33. The molecule has 9 unspecified atom stereocenters. The van der Waals surface area contributed by atoms with Crippen LogP contribution in [0.25, 0.3) is 0 Å². The summed E-state index contributed by atoms with van der Waals surface area (Å²) in [6.07, 6.45) is 7.50. The van der Waals surface area contributed by atoms with Crippen LogP contribution in [0.4, 0.5) is 0 Å². The molecule has 0 radical (unpaired) electrons. The summed E-state index contributed by atoms with van der Waals surface area (Å²) in [5, 5.41) is 0.360. The van der Waals surface area contributed by atoms with Crippen molar-refractivity contribution in [1.29, 1.82) is 0 Å². The van der Waals surface area contributed by atoms with E-state index in [1.54, 1.807) is 0 Å². The van der Waals surface area contributed by atoms with Crippen LogP contribution in [0.1, 0.15) is 113 Å². The quantitative estimate of drug-likeness (QED) is 0.265. The summed E-state index contributed by atoms with van der Waals surface area (Å²) in [4.78, 5) is 0. The molecule has 0 aromatic heterocycles. The Morgan fingerprint density at radius 3 is 1.94 bits per heavy atom. The Labute approximate surface area is 296 Å². The summed E-state index contributed by atoms with van der Waals surface area (Å²) in [5.74, 6) is 1.23. The first kappa shape index (κ1) is 37.2. The Hall–Kier alpha value is -0.546. The average Bonchev–Trinajstić information content (AvgIpc) is 3.46. The van der Waals surface area contributed by atoms with Crippen molar-refractivity contribution in [3.05, 3.63) is 35.9 Å². The van der Waals surface area contributed by atoms with Crippen molar-refractivity contribution < 1.29 is 23.1 Å². The van der Waals surface area contributed by atoms with E-state index in [4.69, 9.17) is 23.1 Å². The lowest BCUT2D eigenvalue weighted by Gasteiger charge is -2.65. The minimum absolute atomic E-state index is 0.0304. The van der Waals surface area contributed by atoms with Gasteiger partial charge in [0.15, 0.2) is 22.4 Å². The molecule has 5 fully saturated rings. The molecule has 0 bridgehead atoms. The van der Waals surface area contributed by atoms with Crippen LogP contribution < -0.4 is 0 Å². The van der Waals surface area contributed by atoms with Gasteiger partial charge in [0.2, 0.25) is 0 Å². The van der Waals surface area contributed by atoms with E-state index in [2.05, 4.69) is 126 Å². The highest BCUT2D eigenvalue weighted by atomic mass is 28.4. The Morgan fingerprint density at radius 2 is 1.31 bits per heavy atom. The van der Waals surface area contributed by atoms with Crippen molar-refractivity contribution in [3.63, 3.8) is 0 Å². The molecular formula is C41H70O5Si2. The van der Waals surface area contributed by atoms with Gasteiger partial charge in [0.05, 0.1) is 31.0 Å². The fourth-order valence-corrected chi connectivity index (χ4v) is 13.4. The summed E-state index contributed by atoms with van der Waals surface area (Å²) in [6.45, 7) is 34.0. The molecule has 272 valence electrons. The molecule has 0 spiro atoms. The van der Waals surface area contributed by atoms with E-state index in [9.17, 15) is 0 Å². The smallest absolute Gasteiger partial charge is 0.192 e. The first-order valence-electron chi connectivity index (χ1n) is 19.4. The van der Waals surface area contributed by atoms with Crippen molar-refractivity contribution >= 4 is 16.6 Å². The molecule has 5 aliphatic rings. The molecule has 1 aliphatic heterocycles. The third-order valence-electron chi connectivity index (χ3n) is 15.3. The fraction of sp³-hybridized carbons (Fsp3) is 0.854. The van der Waals surface area contributed by atoms with Gasteiger partial charge in [-0.1, -0.05) is 85.7 Å². The maximum absolute atomic E-state index is 7.33. The number of fused-ring (bicyclic) bond motifs is 8. The van der Waals surface area contributed by atoms with Gasteiger partial charge in [-0.25, -0.2) is 0 Å². The average molecular weight is 699 g/mol. The van der Waals surface area contributed by atoms with Gasteiger partial charge >= 0.3 is 0 Å². The molecule has 0 N–H and O–H groups in total. The second kappa shape index (κ2) is 12.3. The molecule has 0 amide bonds. The summed E-state index contributed by atoms with van der Waals surface area (Å²) in [7, 11) is -3.90. The number of hydrogen-bond acceptors (Lipinski definition) is 5. The molecule has 1 heterocycles. The van der Waals surface area contributed by atoms with Gasteiger partial charge in [-0.3, -0.25) is 0 Å². The molecular weight excluding hydrogens is 629 g/mol. The van der Waals surface area contributed by atoms with E-state index in [0.29, 0.717) is 36.4 Å². The third-order valence-corrected chi connectivity index (χ3v) is 24.3. The summed E-state index contributed by atoms with van der Waals surface area (Å²) >= 11 is 0. The minimum Gasteiger partial charge on any atom is -0.414 e. The van der Waals surface area contributed by atoms with Crippen LogP contribution in [-0.4, -0.2) is 52.9 Å². The van der Waals surface area contributed by atoms with E-state index in [0.717, 1.165) is 19.3 Å². The van der Waals surface area contributed by atoms with Crippen molar-refractivity contribution in [3.8, 4) is 0 Å². The van der Waals surface area contributed by atoms with Crippen LogP contribution in [0, 0.1) is 34.5 Å². The third kappa shape index (κ3) is 6.29. The molecule has 1 aromatic rings. The van der Waals surface area contributed by atoms with Gasteiger partial charge in [-0.2, -0.15) is 0 Å². The Morgan fingerprint density at radius 1 is 0.708 bits per heavy atom. The second-order valence-electron chi connectivity index (χ2n) is 20.6. The monoisotopic (exact) mass is 698 g/mol. The highest BCUT2D eigenvalue weighted by Gasteiger charge is 2.71. The zero-order valence-electron chi connectivity index (χ0n) is 33.1. The van der Waals surface area contributed by atoms with E-state index >= 15 is 0 Å². The predicted molar refractivity (Wildman–Crippen MR) is 201 cm³/mol. The van der Waals surface area contributed by atoms with Crippen LogP contribution in [0.2, 0.25) is 36.3 Å². The lowest BCUT2D eigenvalue weighted by Crippen LogP contribution is -2.68. The molecule has 4 saturated carbocycles. The number of hydrogen-bond donors (Lipinski definition) is 0. The van der Waals surface area contributed by atoms with Crippen molar-refractivity contribution in [2.45, 2.75) is 187 Å². The normalized spacial score (nSPS) is 41.3. The van der Waals surface area contributed by atoms with E-state index in [-0.39, 0.29) is 45.3 Å². The molecule has 6 rings (SSSR count). The van der Waals surface area contributed by atoms with Gasteiger partial charge in [-0.15, -0.1) is 0 Å². The Bertz CT molecular complexity index is 1300. The summed E-state index contributed by atoms with van der Waals surface area (Å²) in [5.41, 5.74) is 1.37. The second-order valence-corrected chi connectivity index (χ2v) is 30.1. The van der Waals surface area contributed by atoms with Crippen LogP contribution in [0.3, 0.4) is 0 Å². The predicted octanol–water partition coefficient (Wildman–Crippen LogP) is 10.7. The molecule has 7 heteroatoms. The molecule has 5 nitrogen and oxygen atoms in total. The summed E-state index contributed by atoms with van der Waals surface area (Å²) in [6, 6.07) is 10.8. The van der Waals surface area contributed by atoms with Crippen LogP contribution in [0.5, 0.6) is 0 Å². The SMILES string of the molecule is CC1(C)OC2C(O1)C1CC(O[Si](C)(C)C(C)(C)C)CC(OCc3ccccc3)[C@]1(C)C1CC[C@]3(C)C(O[Si](C)(C)C(C)(C)C)CCC3C21. The summed E-state index contributed by atoms with van der Waals surface area (Å²) < 4.78 is 36.0. The van der Waals surface area contributed by atoms with Crippen molar-refractivity contribution in [2.24, 2.45) is 34.5 Å². The zero-order valence-corrected chi connectivity index (χ0v) is 35.1. The van der Waals surface area contributed by atoms with Crippen LogP contribution in [-0.2, 0) is 29.7 Å². The molecule has 11 atom stereocenters. The van der Waals surface area contributed by atoms with Gasteiger partial charge in [0.1, 0.15) is 0 Å². The molecule has 1 aromatic carbocycles. The number of rotatable bonds is 7. The first-order valence-corrected chi connectivity index (χ1v) is 25.2. The fourth-order valence-electron chi connectivity index (χ4n) is 10.6. The van der Waals surface area contributed by atoms with Crippen LogP contribution >= 0.6 is 0 Å². The number of ether oxygens (including phenoxy) is 3. The Balaban J connectivity index is 1.38. The molecule has 4 aliphatic carbocycles. The highest BCUT2D eigenvalue weighted by Crippen LogP contribution is 2.69. The lowest BCUT2D eigenvalue weighted by atomic mass is 9.43. The van der Waals surface area contributed by atoms with E-state index in [1.165, 1.54) is 24.8 Å². The van der Waals surface area contributed by atoms with Gasteiger partial charge in [0.25, 0.3) is 0 Å². The minimum atomic E-state index is -1.99. The standard InChI is InChI=1S/C41H70O5Si2/c1-37(2,3)47(11,12)45-28-24-31-35-36(44-39(7,8)43-35)34-29-20-21-32(46-48(13,14)38(4,5)6)40(29,9)23-22-30(34)41(31,10)33(25-28)42-26-27-18-16-15-17-19-27/h15-19,28-36H,20-26H2,1-14H3/t28?,29?,30?,31?,32?,33?,34?,35?,36?,40-,41+/m0/s1.